The molecule has 2 heterocycles. The first-order valence-corrected chi connectivity index (χ1v) is 5.50. The van der Waals surface area contributed by atoms with Gasteiger partial charge in [-0.15, -0.1) is 0 Å². The van der Waals surface area contributed by atoms with Crippen molar-refractivity contribution in [3.63, 3.8) is 0 Å². The van der Waals surface area contributed by atoms with Gasteiger partial charge in [-0.3, -0.25) is 4.79 Å². The largest absolute Gasteiger partial charge is 0.444 e. The number of fused-ring (bicyclic) bond motifs is 2. The summed E-state index contributed by atoms with van der Waals surface area (Å²) in [6.07, 6.45) is -0.799. The number of hydrogen-bond acceptors (Lipinski definition) is 4. The van der Waals surface area contributed by atoms with E-state index in [0.717, 1.165) is 0 Å². The van der Waals surface area contributed by atoms with Crippen LogP contribution in [0.2, 0.25) is 0 Å². The Morgan fingerprint density at radius 2 is 2.12 bits per heavy atom. The highest BCUT2D eigenvalue weighted by atomic mass is 16.6. The standard InChI is InChI=1S/C11H17NO4/c1-11(2,3)16-10(14)12-4-7-6-15-8(5-12)9(7)13/h7-8H,4-6H2,1-3H3/t7-,8+/m1/s1. The molecule has 2 fully saturated rings. The van der Waals surface area contributed by atoms with E-state index in [9.17, 15) is 9.59 Å². The third-order valence-electron chi connectivity index (χ3n) is 2.70. The van der Waals surface area contributed by atoms with Crippen molar-refractivity contribution in [2.75, 3.05) is 19.7 Å². The van der Waals surface area contributed by atoms with E-state index >= 15 is 0 Å². The molecule has 0 aliphatic carbocycles. The summed E-state index contributed by atoms with van der Waals surface area (Å²) < 4.78 is 10.6. The number of likely N-dealkylation sites (tertiary alicyclic amines) is 1. The van der Waals surface area contributed by atoms with Crippen LogP contribution < -0.4 is 0 Å². The summed E-state index contributed by atoms with van der Waals surface area (Å²) in [6, 6.07) is 0. The van der Waals surface area contributed by atoms with Crippen LogP contribution in [0.4, 0.5) is 4.79 Å². The lowest BCUT2D eigenvalue weighted by Crippen LogP contribution is -2.49. The number of hydrogen-bond donors (Lipinski definition) is 0. The Balaban J connectivity index is 1.98. The van der Waals surface area contributed by atoms with Gasteiger partial charge in [0.05, 0.1) is 19.1 Å². The fourth-order valence-corrected chi connectivity index (χ4v) is 1.96. The summed E-state index contributed by atoms with van der Waals surface area (Å²) in [5, 5.41) is 0. The van der Waals surface area contributed by atoms with Crippen LogP contribution >= 0.6 is 0 Å². The number of nitrogens with zero attached hydrogens (tertiary/aromatic N) is 1. The maximum Gasteiger partial charge on any atom is 0.410 e. The van der Waals surface area contributed by atoms with Crippen LogP contribution in [0.5, 0.6) is 0 Å². The van der Waals surface area contributed by atoms with Crippen molar-refractivity contribution in [2.45, 2.75) is 32.5 Å². The van der Waals surface area contributed by atoms with Gasteiger partial charge in [0, 0.05) is 6.54 Å². The second kappa shape index (κ2) is 3.73. The molecule has 2 atom stereocenters. The highest BCUT2D eigenvalue weighted by Gasteiger charge is 2.44. The first-order chi connectivity index (χ1) is 7.37. The van der Waals surface area contributed by atoms with E-state index in [2.05, 4.69) is 0 Å². The predicted octanol–water partition coefficient (Wildman–Crippen LogP) is 0.821. The molecule has 0 aromatic rings. The minimum atomic E-state index is -0.502. The van der Waals surface area contributed by atoms with Crippen LogP contribution in [-0.4, -0.2) is 48.2 Å². The van der Waals surface area contributed by atoms with Crippen molar-refractivity contribution >= 4 is 11.9 Å². The Labute approximate surface area is 94.7 Å². The number of carbonyl (C=O) groups is 2. The maximum absolute atomic E-state index is 11.8. The van der Waals surface area contributed by atoms with Gasteiger partial charge < -0.3 is 14.4 Å². The summed E-state index contributed by atoms with van der Waals surface area (Å²) in [5.41, 5.74) is -0.502. The fraction of sp³-hybridized carbons (Fsp3) is 0.818. The Kier molecular flexibility index (Phi) is 2.66. The van der Waals surface area contributed by atoms with Gasteiger partial charge >= 0.3 is 6.09 Å². The summed E-state index contributed by atoms with van der Waals surface area (Å²) >= 11 is 0. The van der Waals surface area contributed by atoms with E-state index in [4.69, 9.17) is 9.47 Å². The van der Waals surface area contributed by atoms with Crippen molar-refractivity contribution in [1.29, 1.82) is 0 Å². The summed E-state index contributed by atoms with van der Waals surface area (Å²) in [5.74, 6) is -0.0360. The van der Waals surface area contributed by atoms with Crippen LogP contribution in [0.25, 0.3) is 0 Å². The average Bonchev–Trinajstić information content (AvgIpc) is 2.38. The van der Waals surface area contributed by atoms with E-state index < -0.39 is 11.7 Å². The molecule has 1 amide bonds. The smallest absolute Gasteiger partial charge is 0.410 e. The Hall–Kier alpha value is -1.10. The van der Waals surface area contributed by atoms with Crippen LogP contribution in [0, 0.1) is 5.92 Å². The number of rotatable bonds is 0. The van der Waals surface area contributed by atoms with Gasteiger partial charge in [0.15, 0.2) is 5.78 Å². The molecule has 2 saturated heterocycles. The lowest BCUT2D eigenvalue weighted by molar-refractivity contribution is -0.127. The van der Waals surface area contributed by atoms with Crippen molar-refractivity contribution in [2.24, 2.45) is 5.92 Å². The third-order valence-corrected chi connectivity index (χ3v) is 2.70. The Morgan fingerprint density at radius 3 is 2.69 bits per heavy atom. The van der Waals surface area contributed by atoms with Gasteiger partial charge in [-0.1, -0.05) is 0 Å². The molecule has 0 radical (unpaired) electrons. The Bertz CT molecular complexity index is 304. The molecule has 2 aliphatic heterocycles. The molecule has 5 nitrogen and oxygen atoms in total. The number of carbonyl (C=O) groups excluding carboxylic acids is 2. The van der Waals surface area contributed by atoms with Crippen molar-refractivity contribution in [3.05, 3.63) is 0 Å². The summed E-state index contributed by atoms with van der Waals surface area (Å²) in [7, 11) is 0. The van der Waals surface area contributed by atoms with Crippen molar-refractivity contribution in [3.8, 4) is 0 Å². The molecule has 0 aromatic carbocycles. The lowest BCUT2D eigenvalue weighted by atomic mass is 9.99. The molecular formula is C11H17NO4. The Morgan fingerprint density at radius 1 is 1.44 bits per heavy atom. The predicted molar refractivity (Wildman–Crippen MR) is 56.0 cm³/mol. The summed E-state index contributed by atoms with van der Waals surface area (Å²) in [6.45, 7) is 6.65. The molecule has 0 N–H and O–H groups in total. The third kappa shape index (κ3) is 2.19. The van der Waals surface area contributed by atoms with Crippen LogP contribution in [0.1, 0.15) is 20.8 Å². The van der Waals surface area contributed by atoms with Gasteiger partial charge in [0.1, 0.15) is 11.7 Å². The van der Waals surface area contributed by atoms with E-state index in [-0.39, 0.29) is 17.8 Å². The molecule has 5 heteroatoms. The molecule has 0 aromatic heterocycles. The SMILES string of the molecule is CC(C)(C)OC(=O)N1C[C@@H]2CO[C@@H](C1)C2=O. The topological polar surface area (TPSA) is 55.8 Å². The highest BCUT2D eigenvalue weighted by molar-refractivity contribution is 5.89. The zero-order valence-corrected chi connectivity index (χ0v) is 9.86. The van der Waals surface area contributed by atoms with Gasteiger partial charge in [0.2, 0.25) is 0 Å². The second-order valence-electron chi connectivity index (χ2n) is 5.31. The number of piperidine rings is 1. The molecular weight excluding hydrogens is 210 g/mol. The minimum absolute atomic E-state index is 0.125. The van der Waals surface area contributed by atoms with E-state index in [1.165, 1.54) is 0 Å². The van der Waals surface area contributed by atoms with E-state index in [0.29, 0.717) is 19.7 Å². The monoisotopic (exact) mass is 227 g/mol. The summed E-state index contributed by atoms with van der Waals surface area (Å²) in [4.78, 5) is 24.9. The normalized spacial score (nSPS) is 29.4. The van der Waals surface area contributed by atoms with Gasteiger partial charge in [-0.2, -0.15) is 0 Å². The minimum Gasteiger partial charge on any atom is -0.444 e. The van der Waals surface area contributed by atoms with Gasteiger partial charge in [0.25, 0.3) is 0 Å². The molecule has 2 rings (SSSR count). The van der Waals surface area contributed by atoms with Crippen molar-refractivity contribution < 1.29 is 19.1 Å². The molecule has 16 heavy (non-hydrogen) atoms. The quantitative estimate of drug-likeness (QED) is 0.615. The molecule has 90 valence electrons. The first kappa shape index (κ1) is 11.4. The van der Waals surface area contributed by atoms with Crippen LogP contribution in [0.15, 0.2) is 0 Å². The van der Waals surface area contributed by atoms with E-state index in [1.54, 1.807) is 4.90 Å². The van der Waals surface area contributed by atoms with Gasteiger partial charge in [-0.05, 0) is 20.8 Å². The van der Waals surface area contributed by atoms with Crippen LogP contribution in [0.3, 0.4) is 0 Å². The van der Waals surface area contributed by atoms with Crippen LogP contribution in [-0.2, 0) is 14.3 Å². The molecule has 2 aliphatic rings. The highest BCUT2D eigenvalue weighted by Crippen LogP contribution is 2.24. The van der Waals surface area contributed by atoms with E-state index in [1.807, 2.05) is 20.8 Å². The number of Topliss-reactive ketones (excluding diaryl/α,β-unsaturated/α-hetero) is 1. The zero-order valence-electron chi connectivity index (χ0n) is 9.86. The number of amides is 1. The molecule has 2 bridgehead atoms. The number of ketones is 1. The fourth-order valence-electron chi connectivity index (χ4n) is 1.96. The molecule has 0 spiro atoms. The van der Waals surface area contributed by atoms with Gasteiger partial charge in [-0.25, -0.2) is 4.79 Å². The number of ether oxygens (including phenoxy) is 2. The molecule has 0 unspecified atom stereocenters. The average molecular weight is 227 g/mol. The van der Waals surface area contributed by atoms with Crippen molar-refractivity contribution in [1.82, 2.24) is 4.90 Å². The zero-order chi connectivity index (χ0) is 11.9. The first-order valence-electron chi connectivity index (χ1n) is 5.50. The second-order valence-corrected chi connectivity index (χ2v) is 5.31. The maximum atomic E-state index is 11.8. The molecule has 0 saturated carbocycles. The lowest BCUT2D eigenvalue weighted by Gasteiger charge is -2.31.